The summed E-state index contributed by atoms with van der Waals surface area (Å²) in [5.41, 5.74) is 0.550. The van der Waals surface area contributed by atoms with Crippen molar-refractivity contribution < 1.29 is 9.18 Å². The van der Waals surface area contributed by atoms with E-state index in [1.807, 2.05) is 0 Å². The lowest BCUT2D eigenvalue weighted by Crippen LogP contribution is -2.32. The van der Waals surface area contributed by atoms with E-state index >= 15 is 0 Å². The standard InChI is InChI=1S/C16H18FNO/c17-12-3-1-9(2-4-12)16(19)18-8-11-5-10-6-13(11)15-7-14(10)15/h1-4,10-11,13-15H,5-8H2,(H,18,19)/t10-,11+,13+,14+,15-/m0/s1. The quantitative estimate of drug-likeness (QED) is 0.888. The van der Waals surface area contributed by atoms with Crippen LogP contribution < -0.4 is 5.32 Å². The van der Waals surface area contributed by atoms with Gasteiger partial charge in [0, 0.05) is 12.1 Å². The van der Waals surface area contributed by atoms with Crippen LogP contribution in [0.15, 0.2) is 24.3 Å². The summed E-state index contributed by atoms with van der Waals surface area (Å²) >= 11 is 0. The predicted octanol–water partition coefficient (Wildman–Crippen LogP) is 2.85. The van der Waals surface area contributed by atoms with E-state index in [2.05, 4.69) is 5.32 Å². The summed E-state index contributed by atoms with van der Waals surface area (Å²) in [5, 5.41) is 3.02. The van der Waals surface area contributed by atoms with E-state index in [1.165, 1.54) is 31.4 Å². The fraction of sp³-hybridized carbons (Fsp3) is 0.562. The molecule has 1 aromatic carbocycles. The van der Waals surface area contributed by atoms with Gasteiger partial charge in [0.25, 0.3) is 5.91 Å². The average molecular weight is 259 g/mol. The van der Waals surface area contributed by atoms with Crippen LogP contribution in [0, 0.1) is 35.4 Å². The first kappa shape index (κ1) is 11.4. The van der Waals surface area contributed by atoms with Crippen molar-refractivity contribution in [3.05, 3.63) is 35.6 Å². The normalized spacial score (nSPS) is 38.1. The van der Waals surface area contributed by atoms with E-state index in [1.54, 1.807) is 12.1 Å². The SMILES string of the molecule is O=C(NC[C@H]1C[C@H]2C[C@H]1[C@@H]1C[C@H]21)c1ccc(F)cc1. The third kappa shape index (κ3) is 1.87. The minimum atomic E-state index is -0.301. The lowest BCUT2D eigenvalue weighted by Gasteiger charge is -2.21. The van der Waals surface area contributed by atoms with Crippen LogP contribution in [0.25, 0.3) is 0 Å². The second-order valence-corrected chi connectivity index (χ2v) is 6.44. The Hall–Kier alpha value is -1.38. The number of rotatable bonds is 3. The zero-order chi connectivity index (χ0) is 13.0. The summed E-state index contributed by atoms with van der Waals surface area (Å²) in [6.45, 7) is 0.792. The molecule has 2 nitrogen and oxygen atoms in total. The Morgan fingerprint density at radius 3 is 2.58 bits per heavy atom. The highest BCUT2D eigenvalue weighted by Crippen LogP contribution is 2.67. The molecule has 1 amide bonds. The second kappa shape index (κ2) is 4.06. The Balaban J connectivity index is 1.35. The van der Waals surface area contributed by atoms with Gasteiger partial charge in [-0.3, -0.25) is 4.79 Å². The van der Waals surface area contributed by atoms with Crippen LogP contribution in [-0.2, 0) is 0 Å². The number of hydrogen-bond acceptors (Lipinski definition) is 1. The van der Waals surface area contributed by atoms with Crippen LogP contribution in [0.5, 0.6) is 0 Å². The number of carbonyl (C=O) groups is 1. The van der Waals surface area contributed by atoms with Gasteiger partial charge < -0.3 is 5.32 Å². The number of amides is 1. The molecule has 0 spiro atoms. The van der Waals surface area contributed by atoms with Crippen molar-refractivity contribution in [2.24, 2.45) is 29.6 Å². The van der Waals surface area contributed by atoms with Crippen LogP contribution in [0.4, 0.5) is 4.39 Å². The zero-order valence-corrected chi connectivity index (χ0v) is 10.8. The van der Waals surface area contributed by atoms with Gasteiger partial charge in [0.05, 0.1) is 0 Å². The molecule has 1 aromatic rings. The molecule has 3 fully saturated rings. The van der Waals surface area contributed by atoms with Gasteiger partial charge in [0.15, 0.2) is 0 Å². The van der Waals surface area contributed by atoms with E-state index in [0.717, 1.165) is 30.2 Å². The van der Waals surface area contributed by atoms with E-state index in [0.29, 0.717) is 11.5 Å². The monoisotopic (exact) mass is 259 g/mol. The Morgan fingerprint density at radius 2 is 1.89 bits per heavy atom. The Morgan fingerprint density at radius 1 is 1.11 bits per heavy atom. The van der Waals surface area contributed by atoms with E-state index in [9.17, 15) is 9.18 Å². The Labute approximate surface area is 112 Å². The molecule has 3 aliphatic carbocycles. The Kier molecular flexibility index (Phi) is 2.44. The minimum absolute atomic E-state index is 0.0740. The molecular formula is C16H18FNO. The lowest BCUT2D eigenvalue weighted by atomic mass is 9.88. The molecule has 0 saturated heterocycles. The van der Waals surface area contributed by atoms with Crippen LogP contribution in [0.2, 0.25) is 0 Å². The molecule has 0 heterocycles. The summed E-state index contributed by atoms with van der Waals surface area (Å²) in [4.78, 5) is 12.0. The fourth-order valence-electron chi connectivity index (χ4n) is 4.51. The first-order chi connectivity index (χ1) is 9.22. The van der Waals surface area contributed by atoms with Crippen molar-refractivity contribution in [3.63, 3.8) is 0 Å². The summed E-state index contributed by atoms with van der Waals surface area (Å²) in [7, 11) is 0. The molecule has 0 radical (unpaired) electrons. The smallest absolute Gasteiger partial charge is 0.251 e. The van der Waals surface area contributed by atoms with Gasteiger partial charge in [-0.15, -0.1) is 0 Å². The summed E-state index contributed by atoms with van der Waals surface area (Å²) < 4.78 is 12.8. The first-order valence-electron chi connectivity index (χ1n) is 7.26. The van der Waals surface area contributed by atoms with Crippen molar-refractivity contribution in [2.45, 2.75) is 19.3 Å². The van der Waals surface area contributed by atoms with Crippen molar-refractivity contribution in [1.29, 1.82) is 0 Å². The number of carbonyl (C=O) groups excluding carboxylic acids is 1. The molecule has 3 heteroatoms. The zero-order valence-electron chi connectivity index (χ0n) is 10.8. The third-order valence-corrected chi connectivity index (χ3v) is 5.46. The first-order valence-corrected chi connectivity index (χ1v) is 7.26. The molecule has 4 rings (SSSR count). The minimum Gasteiger partial charge on any atom is -0.352 e. The van der Waals surface area contributed by atoms with Gasteiger partial charge in [0.1, 0.15) is 5.82 Å². The number of benzene rings is 1. The van der Waals surface area contributed by atoms with Crippen molar-refractivity contribution in [2.75, 3.05) is 6.54 Å². The average Bonchev–Trinajstić information content (AvgIpc) is 3.03. The molecule has 3 saturated carbocycles. The number of fused-ring (bicyclic) bond motifs is 5. The second-order valence-electron chi connectivity index (χ2n) is 6.44. The Bertz CT molecular complexity index is 512. The van der Waals surface area contributed by atoms with Crippen LogP contribution in [0.3, 0.4) is 0 Å². The summed E-state index contributed by atoms with van der Waals surface area (Å²) in [6.07, 6.45) is 4.14. The number of nitrogens with one attached hydrogen (secondary N) is 1. The van der Waals surface area contributed by atoms with Gasteiger partial charge in [-0.05, 0) is 73.1 Å². The van der Waals surface area contributed by atoms with Crippen LogP contribution in [0.1, 0.15) is 29.6 Å². The predicted molar refractivity (Wildman–Crippen MR) is 70.0 cm³/mol. The molecule has 0 aliphatic heterocycles. The molecule has 2 bridgehead atoms. The molecule has 100 valence electrons. The van der Waals surface area contributed by atoms with E-state index in [4.69, 9.17) is 0 Å². The fourth-order valence-corrected chi connectivity index (χ4v) is 4.51. The molecule has 19 heavy (non-hydrogen) atoms. The molecule has 5 atom stereocenters. The maximum atomic E-state index is 12.8. The molecule has 3 aliphatic rings. The third-order valence-electron chi connectivity index (χ3n) is 5.46. The number of halogens is 1. The highest BCUT2D eigenvalue weighted by atomic mass is 19.1. The van der Waals surface area contributed by atoms with E-state index < -0.39 is 0 Å². The van der Waals surface area contributed by atoms with Crippen LogP contribution >= 0.6 is 0 Å². The summed E-state index contributed by atoms with van der Waals surface area (Å²) in [5.74, 6) is 4.13. The summed E-state index contributed by atoms with van der Waals surface area (Å²) in [6, 6.07) is 5.76. The van der Waals surface area contributed by atoms with Crippen LogP contribution in [-0.4, -0.2) is 12.5 Å². The number of hydrogen-bond donors (Lipinski definition) is 1. The van der Waals surface area contributed by atoms with Gasteiger partial charge in [-0.2, -0.15) is 0 Å². The van der Waals surface area contributed by atoms with Gasteiger partial charge >= 0.3 is 0 Å². The highest BCUT2D eigenvalue weighted by Gasteiger charge is 2.60. The van der Waals surface area contributed by atoms with Gasteiger partial charge in [-0.1, -0.05) is 0 Å². The highest BCUT2D eigenvalue weighted by molar-refractivity contribution is 5.94. The van der Waals surface area contributed by atoms with Gasteiger partial charge in [-0.25, -0.2) is 4.39 Å². The molecular weight excluding hydrogens is 241 g/mol. The van der Waals surface area contributed by atoms with Crippen molar-refractivity contribution >= 4 is 5.91 Å². The maximum Gasteiger partial charge on any atom is 0.251 e. The largest absolute Gasteiger partial charge is 0.352 e. The van der Waals surface area contributed by atoms with Crippen molar-refractivity contribution in [3.8, 4) is 0 Å². The lowest BCUT2D eigenvalue weighted by molar-refractivity contribution is 0.0941. The molecule has 0 unspecified atom stereocenters. The van der Waals surface area contributed by atoms with Gasteiger partial charge in [0.2, 0.25) is 0 Å². The topological polar surface area (TPSA) is 29.1 Å². The molecule has 1 N–H and O–H groups in total. The maximum absolute atomic E-state index is 12.8. The molecule has 0 aromatic heterocycles. The van der Waals surface area contributed by atoms with E-state index in [-0.39, 0.29) is 11.7 Å². The van der Waals surface area contributed by atoms with Crippen molar-refractivity contribution in [1.82, 2.24) is 5.32 Å².